The molecule has 2 aromatic heterocycles. The highest BCUT2D eigenvalue weighted by Gasteiger charge is 2.15. The molecule has 0 aliphatic rings. The summed E-state index contributed by atoms with van der Waals surface area (Å²) in [5.74, 6) is 1.01. The molecule has 0 aliphatic heterocycles. The Morgan fingerprint density at radius 2 is 1.96 bits per heavy atom. The summed E-state index contributed by atoms with van der Waals surface area (Å²) in [6, 6.07) is 14.1. The second kappa shape index (κ2) is 7.28. The number of aryl methyl sites for hydroxylation is 2. The first kappa shape index (κ1) is 16.9. The zero-order valence-electron chi connectivity index (χ0n) is 14.0. The molecule has 0 saturated carbocycles. The van der Waals surface area contributed by atoms with Gasteiger partial charge in [0.15, 0.2) is 0 Å². The van der Waals surface area contributed by atoms with Gasteiger partial charge in [0.25, 0.3) is 0 Å². The average Bonchev–Trinajstić information content (AvgIpc) is 3.00. The third-order valence-corrected chi connectivity index (χ3v) is 5.70. The third-order valence-electron chi connectivity index (χ3n) is 3.84. The van der Waals surface area contributed by atoms with Crippen LogP contribution in [0.5, 0.6) is 0 Å². The molecule has 0 aliphatic carbocycles. The number of nitrogens with one attached hydrogen (secondary N) is 1. The topological polar surface area (TPSA) is 34.0 Å². The molecule has 3 rings (SSSR count). The van der Waals surface area contributed by atoms with Gasteiger partial charge >= 0.3 is 0 Å². The maximum absolute atomic E-state index is 11.7. The third kappa shape index (κ3) is 3.42. The van der Waals surface area contributed by atoms with E-state index in [2.05, 4.69) is 48.9 Å². The maximum Gasteiger partial charge on any atom is 0.250 e. The molecule has 0 spiro atoms. The molecule has 24 heavy (non-hydrogen) atoms. The number of pyridine rings is 1. The minimum absolute atomic E-state index is 0.00584. The summed E-state index contributed by atoms with van der Waals surface area (Å²) >= 11 is 3.44. The lowest BCUT2D eigenvalue weighted by molar-refractivity contribution is 0.862. The Balaban J connectivity index is 2.16. The quantitative estimate of drug-likeness (QED) is 0.640. The number of hydrogen-bond acceptors (Lipinski definition) is 4. The summed E-state index contributed by atoms with van der Waals surface area (Å²) in [5.41, 5.74) is 4.71. The summed E-state index contributed by atoms with van der Waals surface area (Å²) in [6.45, 7) is 4.26. The van der Waals surface area contributed by atoms with E-state index in [1.165, 1.54) is 16.0 Å². The number of anilines is 1. The fourth-order valence-electron chi connectivity index (χ4n) is 2.58. The highest BCUT2D eigenvalue weighted by molar-refractivity contribution is 8.00. The first-order valence-electron chi connectivity index (χ1n) is 7.85. The fourth-order valence-corrected chi connectivity index (χ4v) is 4.29. The van der Waals surface area contributed by atoms with Crippen molar-refractivity contribution >= 4 is 28.3 Å². The smallest absolute Gasteiger partial charge is 0.250 e. The lowest BCUT2D eigenvalue weighted by Gasteiger charge is -2.08. The van der Waals surface area contributed by atoms with Crippen LogP contribution in [0.25, 0.3) is 21.6 Å². The van der Waals surface area contributed by atoms with E-state index in [4.69, 9.17) is 0 Å². The molecule has 0 amide bonds. The van der Waals surface area contributed by atoms with Crippen LogP contribution in [0.15, 0.2) is 53.5 Å². The first-order chi connectivity index (χ1) is 11.6. The second-order valence-electron chi connectivity index (χ2n) is 5.57. The van der Waals surface area contributed by atoms with Crippen LogP contribution in [-0.2, 0) is 7.05 Å². The molecule has 0 atom stereocenters. The standard InChI is InChI=1S/C19H20N2OS2/c1-4-23-20-17-11-16(14-9-10-18(22)21(3)12-14)19(24-17)15-8-6-5-7-13(15)2/h5-12,20H,4H2,1-3H3. The number of benzene rings is 1. The largest absolute Gasteiger partial charge is 0.321 e. The van der Waals surface area contributed by atoms with Crippen LogP contribution in [0, 0.1) is 6.92 Å². The van der Waals surface area contributed by atoms with Gasteiger partial charge in [-0.25, -0.2) is 0 Å². The molecule has 0 saturated heterocycles. The van der Waals surface area contributed by atoms with Crippen LogP contribution >= 0.6 is 23.3 Å². The highest BCUT2D eigenvalue weighted by Crippen LogP contribution is 2.43. The van der Waals surface area contributed by atoms with Gasteiger partial charge in [-0.3, -0.25) is 4.79 Å². The lowest BCUT2D eigenvalue weighted by Crippen LogP contribution is -2.13. The van der Waals surface area contributed by atoms with Crippen molar-refractivity contribution in [2.24, 2.45) is 7.05 Å². The predicted octanol–water partition coefficient (Wildman–Crippen LogP) is 5.17. The van der Waals surface area contributed by atoms with Crippen molar-refractivity contribution in [1.29, 1.82) is 0 Å². The van der Waals surface area contributed by atoms with E-state index in [1.54, 1.807) is 41.0 Å². The molecule has 1 aromatic carbocycles. The Morgan fingerprint density at radius 3 is 2.67 bits per heavy atom. The zero-order chi connectivity index (χ0) is 17.1. The molecule has 0 unspecified atom stereocenters. The number of thiophene rings is 1. The van der Waals surface area contributed by atoms with E-state index >= 15 is 0 Å². The van der Waals surface area contributed by atoms with E-state index in [9.17, 15) is 4.79 Å². The fraction of sp³-hybridized carbons (Fsp3) is 0.211. The Hall–Kier alpha value is -1.98. The van der Waals surface area contributed by atoms with Crippen LogP contribution in [0.2, 0.25) is 0 Å². The maximum atomic E-state index is 11.7. The molecular formula is C19H20N2OS2. The van der Waals surface area contributed by atoms with Gasteiger partial charge in [0, 0.05) is 35.5 Å². The van der Waals surface area contributed by atoms with Gasteiger partial charge in [-0.05, 0) is 35.7 Å². The SMILES string of the molecule is CCSNc1cc(-c2ccc(=O)n(C)c2)c(-c2ccccc2C)s1. The van der Waals surface area contributed by atoms with E-state index in [1.807, 2.05) is 12.3 Å². The van der Waals surface area contributed by atoms with Gasteiger partial charge < -0.3 is 9.29 Å². The van der Waals surface area contributed by atoms with E-state index in [0.29, 0.717) is 0 Å². The minimum Gasteiger partial charge on any atom is -0.321 e. The van der Waals surface area contributed by atoms with E-state index < -0.39 is 0 Å². The predicted molar refractivity (Wildman–Crippen MR) is 107 cm³/mol. The molecule has 2 heterocycles. The van der Waals surface area contributed by atoms with Crippen LogP contribution in [-0.4, -0.2) is 10.3 Å². The molecule has 1 N–H and O–H groups in total. The van der Waals surface area contributed by atoms with Crippen LogP contribution in [0.1, 0.15) is 12.5 Å². The van der Waals surface area contributed by atoms with Crippen molar-refractivity contribution in [1.82, 2.24) is 4.57 Å². The first-order valence-corrected chi connectivity index (χ1v) is 9.65. The molecule has 3 aromatic rings. The van der Waals surface area contributed by atoms with Crippen LogP contribution in [0.4, 0.5) is 5.00 Å². The van der Waals surface area contributed by atoms with Crippen molar-refractivity contribution in [3.05, 3.63) is 64.6 Å². The number of hydrogen-bond donors (Lipinski definition) is 1. The molecule has 0 radical (unpaired) electrons. The highest BCUT2D eigenvalue weighted by atomic mass is 32.2. The summed E-state index contributed by atoms with van der Waals surface area (Å²) < 4.78 is 5.03. The van der Waals surface area contributed by atoms with Crippen molar-refractivity contribution in [3.8, 4) is 21.6 Å². The molecule has 3 nitrogen and oxygen atoms in total. The van der Waals surface area contributed by atoms with Crippen LogP contribution in [0.3, 0.4) is 0 Å². The molecule has 0 bridgehead atoms. The Kier molecular flexibility index (Phi) is 5.11. The molecular weight excluding hydrogens is 336 g/mol. The second-order valence-corrected chi connectivity index (χ2v) is 7.69. The monoisotopic (exact) mass is 356 g/mol. The summed E-state index contributed by atoms with van der Waals surface area (Å²) in [7, 11) is 1.79. The molecule has 5 heteroatoms. The van der Waals surface area contributed by atoms with Gasteiger partial charge in [-0.15, -0.1) is 11.3 Å². The van der Waals surface area contributed by atoms with E-state index in [0.717, 1.165) is 21.9 Å². The minimum atomic E-state index is 0.00584. The number of rotatable bonds is 5. The van der Waals surface area contributed by atoms with Crippen LogP contribution < -0.4 is 10.3 Å². The summed E-state index contributed by atoms with van der Waals surface area (Å²) in [5, 5.41) is 1.13. The summed E-state index contributed by atoms with van der Waals surface area (Å²) in [6.07, 6.45) is 1.91. The van der Waals surface area contributed by atoms with Gasteiger partial charge in [0.1, 0.15) is 0 Å². The molecule has 124 valence electrons. The zero-order valence-corrected chi connectivity index (χ0v) is 15.6. The lowest BCUT2D eigenvalue weighted by atomic mass is 10.0. The van der Waals surface area contributed by atoms with Crippen molar-refractivity contribution < 1.29 is 0 Å². The Bertz CT molecular complexity index is 912. The van der Waals surface area contributed by atoms with Crippen molar-refractivity contribution in [2.75, 3.05) is 10.5 Å². The average molecular weight is 357 g/mol. The normalized spacial score (nSPS) is 10.8. The van der Waals surface area contributed by atoms with Gasteiger partial charge in [-0.1, -0.05) is 43.1 Å². The number of nitrogens with zero attached hydrogens (tertiary/aromatic N) is 1. The van der Waals surface area contributed by atoms with E-state index in [-0.39, 0.29) is 5.56 Å². The van der Waals surface area contributed by atoms with Gasteiger partial charge in [-0.2, -0.15) is 0 Å². The Morgan fingerprint density at radius 1 is 1.17 bits per heavy atom. The van der Waals surface area contributed by atoms with Gasteiger partial charge in [0.2, 0.25) is 5.56 Å². The summed E-state index contributed by atoms with van der Waals surface area (Å²) in [4.78, 5) is 12.9. The Labute approximate surface area is 150 Å². The molecule has 0 fully saturated rings. The van der Waals surface area contributed by atoms with Gasteiger partial charge in [0.05, 0.1) is 5.00 Å². The number of aromatic nitrogens is 1. The van der Waals surface area contributed by atoms with Crippen molar-refractivity contribution in [3.63, 3.8) is 0 Å². The van der Waals surface area contributed by atoms with Crippen molar-refractivity contribution in [2.45, 2.75) is 13.8 Å².